The Morgan fingerprint density at radius 3 is 2.82 bits per heavy atom. The number of rotatable bonds is 5. The summed E-state index contributed by atoms with van der Waals surface area (Å²) in [7, 11) is 0. The van der Waals surface area contributed by atoms with E-state index in [0.29, 0.717) is 5.52 Å². The molecule has 0 spiro atoms. The fourth-order valence-corrected chi connectivity index (χ4v) is 3.60. The minimum absolute atomic E-state index is 0.115. The van der Waals surface area contributed by atoms with Gasteiger partial charge >= 0.3 is 0 Å². The molecular weight excluding hydrogens is 355 g/mol. The summed E-state index contributed by atoms with van der Waals surface area (Å²) in [5.41, 5.74) is 3.96. The minimum Gasteiger partial charge on any atom is -0.356 e. The summed E-state index contributed by atoms with van der Waals surface area (Å²) in [4.78, 5) is 15.8. The van der Waals surface area contributed by atoms with E-state index in [0.717, 1.165) is 27.9 Å². The maximum Gasteiger partial charge on any atom is 0.224 e. The van der Waals surface area contributed by atoms with Crippen LogP contribution >= 0.6 is 0 Å². The van der Waals surface area contributed by atoms with Crippen molar-refractivity contribution in [3.63, 3.8) is 0 Å². The number of nitrogens with zero attached hydrogens (tertiary/aromatic N) is 2. The Kier molecular flexibility index (Phi) is 4.69. The van der Waals surface area contributed by atoms with Crippen molar-refractivity contribution >= 4 is 16.8 Å². The van der Waals surface area contributed by atoms with Crippen molar-refractivity contribution in [2.75, 3.05) is 0 Å². The van der Waals surface area contributed by atoms with Gasteiger partial charge in [-0.2, -0.15) is 5.10 Å². The second-order valence-corrected chi connectivity index (χ2v) is 6.87. The van der Waals surface area contributed by atoms with E-state index in [9.17, 15) is 9.18 Å². The number of amides is 1. The summed E-state index contributed by atoms with van der Waals surface area (Å²) in [6, 6.07) is 14.4. The summed E-state index contributed by atoms with van der Waals surface area (Å²) in [6.07, 6.45) is 3.78. The smallest absolute Gasteiger partial charge is 0.224 e. The van der Waals surface area contributed by atoms with Crippen molar-refractivity contribution < 1.29 is 9.18 Å². The average molecular weight is 376 g/mol. The lowest BCUT2D eigenvalue weighted by Crippen LogP contribution is -2.29. The molecule has 0 unspecified atom stereocenters. The number of carbonyl (C=O) groups excluding carboxylic acids is 1. The highest BCUT2D eigenvalue weighted by Gasteiger charge is 2.18. The van der Waals surface area contributed by atoms with Crippen molar-refractivity contribution in [2.45, 2.75) is 26.3 Å². The van der Waals surface area contributed by atoms with Gasteiger partial charge in [-0.1, -0.05) is 30.3 Å². The maximum absolute atomic E-state index is 14.0. The predicted octanol–water partition coefficient (Wildman–Crippen LogP) is 4.22. The summed E-state index contributed by atoms with van der Waals surface area (Å²) in [5.74, 6) is -0.426. The largest absolute Gasteiger partial charge is 0.356 e. The summed E-state index contributed by atoms with van der Waals surface area (Å²) >= 11 is 0. The zero-order valence-electron chi connectivity index (χ0n) is 15.7. The molecule has 142 valence electrons. The van der Waals surface area contributed by atoms with Crippen LogP contribution in [0.15, 0.2) is 60.9 Å². The van der Waals surface area contributed by atoms with Gasteiger partial charge in [0.05, 0.1) is 23.7 Å². The number of H-pyrrole nitrogens is 1. The van der Waals surface area contributed by atoms with E-state index in [1.807, 2.05) is 56.4 Å². The van der Waals surface area contributed by atoms with E-state index in [2.05, 4.69) is 15.4 Å². The zero-order chi connectivity index (χ0) is 19.7. The molecule has 2 heterocycles. The Bertz CT molecular complexity index is 1130. The molecule has 6 heteroatoms. The highest BCUT2D eigenvalue weighted by molar-refractivity contribution is 5.90. The minimum atomic E-state index is -0.311. The van der Waals surface area contributed by atoms with E-state index in [1.165, 1.54) is 6.07 Å². The molecule has 0 bridgehead atoms. The molecule has 28 heavy (non-hydrogen) atoms. The van der Waals surface area contributed by atoms with Crippen molar-refractivity contribution in [1.29, 1.82) is 0 Å². The van der Waals surface area contributed by atoms with Crippen molar-refractivity contribution in [2.24, 2.45) is 0 Å². The molecule has 0 fully saturated rings. The van der Waals surface area contributed by atoms with Crippen LogP contribution < -0.4 is 5.32 Å². The van der Waals surface area contributed by atoms with Crippen LogP contribution in [0.5, 0.6) is 0 Å². The Morgan fingerprint density at radius 2 is 2.04 bits per heavy atom. The van der Waals surface area contributed by atoms with Gasteiger partial charge in [0.1, 0.15) is 5.82 Å². The van der Waals surface area contributed by atoms with Gasteiger partial charge in [0.15, 0.2) is 0 Å². The molecule has 1 amide bonds. The summed E-state index contributed by atoms with van der Waals surface area (Å²) in [6.45, 7) is 3.81. The predicted molar refractivity (Wildman–Crippen MR) is 107 cm³/mol. The quantitative estimate of drug-likeness (QED) is 0.548. The molecule has 1 atom stereocenters. The van der Waals surface area contributed by atoms with Crippen LogP contribution in [0, 0.1) is 12.7 Å². The van der Waals surface area contributed by atoms with E-state index < -0.39 is 0 Å². The third-order valence-electron chi connectivity index (χ3n) is 4.97. The van der Waals surface area contributed by atoms with E-state index in [1.54, 1.807) is 16.9 Å². The lowest BCUT2D eigenvalue weighted by molar-refractivity contribution is -0.121. The van der Waals surface area contributed by atoms with Crippen molar-refractivity contribution in [3.05, 3.63) is 83.6 Å². The molecular formula is C22H21FN4O. The van der Waals surface area contributed by atoms with Gasteiger partial charge in [0.2, 0.25) is 5.91 Å². The van der Waals surface area contributed by atoms with Crippen LogP contribution in [-0.4, -0.2) is 20.7 Å². The number of fused-ring (bicyclic) bond motifs is 1. The van der Waals surface area contributed by atoms with Crippen LogP contribution in [-0.2, 0) is 11.2 Å². The number of carbonyl (C=O) groups is 1. The first-order valence-corrected chi connectivity index (χ1v) is 9.18. The van der Waals surface area contributed by atoms with Gasteiger partial charge in [-0.05, 0) is 43.2 Å². The Morgan fingerprint density at radius 1 is 1.21 bits per heavy atom. The molecule has 0 aliphatic rings. The average Bonchev–Trinajstić information content (AvgIpc) is 3.32. The molecule has 2 aromatic heterocycles. The maximum atomic E-state index is 14.0. The lowest BCUT2D eigenvalue weighted by atomic mass is 10.0. The number of hydrogen-bond acceptors (Lipinski definition) is 2. The molecule has 0 saturated heterocycles. The van der Waals surface area contributed by atoms with E-state index in [4.69, 9.17) is 0 Å². The van der Waals surface area contributed by atoms with E-state index in [-0.39, 0.29) is 24.2 Å². The Hall–Kier alpha value is -3.41. The number of para-hydroxylation sites is 2. The van der Waals surface area contributed by atoms with Gasteiger partial charge in [-0.15, -0.1) is 0 Å². The fourth-order valence-electron chi connectivity index (χ4n) is 3.60. The molecule has 0 saturated carbocycles. The molecule has 4 rings (SSSR count). The highest BCUT2D eigenvalue weighted by atomic mass is 19.1. The Labute approximate surface area is 162 Å². The van der Waals surface area contributed by atoms with Crippen LogP contribution in [0.4, 0.5) is 4.39 Å². The first-order valence-electron chi connectivity index (χ1n) is 9.18. The molecule has 0 aliphatic carbocycles. The van der Waals surface area contributed by atoms with E-state index >= 15 is 0 Å². The number of halogens is 1. The second kappa shape index (κ2) is 7.31. The third kappa shape index (κ3) is 3.29. The first kappa shape index (κ1) is 18.0. The van der Waals surface area contributed by atoms with Crippen molar-refractivity contribution in [3.8, 4) is 5.69 Å². The van der Waals surface area contributed by atoms with Gasteiger partial charge in [0.25, 0.3) is 0 Å². The number of aromatic amines is 1. The van der Waals surface area contributed by atoms with Crippen LogP contribution in [0.25, 0.3) is 16.6 Å². The monoisotopic (exact) mass is 376 g/mol. The first-order chi connectivity index (χ1) is 13.5. The van der Waals surface area contributed by atoms with Gasteiger partial charge in [0, 0.05) is 23.5 Å². The molecule has 4 aromatic rings. The number of hydrogen-bond donors (Lipinski definition) is 2. The van der Waals surface area contributed by atoms with Crippen LogP contribution in [0.3, 0.4) is 0 Å². The molecule has 2 N–H and O–H groups in total. The van der Waals surface area contributed by atoms with Gasteiger partial charge in [-0.25, -0.2) is 9.07 Å². The zero-order valence-corrected chi connectivity index (χ0v) is 15.7. The fraction of sp³-hybridized carbons (Fsp3) is 0.182. The molecule has 5 nitrogen and oxygen atoms in total. The summed E-state index contributed by atoms with van der Waals surface area (Å²) in [5, 5.41) is 8.09. The van der Waals surface area contributed by atoms with Crippen molar-refractivity contribution in [1.82, 2.24) is 20.1 Å². The molecule has 0 radical (unpaired) electrons. The van der Waals surface area contributed by atoms with Crippen LogP contribution in [0.2, 0.25) is 0 Å². The molecule has 2 aromatic carbocycles. The number of aromatic nitrogens is 3. The summed E-state index contributed by atoms with van der Waals surface area (Å²) < 4.78 is 15.8. The van der Waals surface area contributed by atoms with Gasteiger partial charge in [-0.3, -0.25) is 4.79 Å². The Balaban J connectivity index is 1.56. The number of benzene rings is 2. The topological polar surface area (TPSA) is 62.7 Å². The third-order valence-corrected chi connectivity index (χ3v) is 4.97. The molecule has 0 aliphatic heterocycles. The SMILES string of the molecule is Cc1[nH]c2c(F)cccc2c1CC(=O)N[C@@H](C)c1ccccc1-n1cccn1. The lowest BCUT2D eigenvalue weighted by Gasteiger charge is -2.18. The normalized spacial score (nSPS) is 12.2. The standard InChI is InChI=1S/C22H21FN4O/c1-14(16-7-3-4-10-20(16)27-12-6-11-24-27)25-21(28)13-18-15(2)26-22-17(18)8-5-9-19(22)23/h3-12,14,26H,13H2,1-2H3,(H,25,28)/t14-/m0/s1. The van der Waals surface area contributed by atoms with Gasteiger partial charge < -0.3 is 10.3 Å². The van der Waals surface area contributed by atoms with Crippen LogP contribution in [0.1, 0.15) is 29.8 Å². The number of nitrogens with one attached hydrogen (secondary N) is 2. The highest BCUT2D eigenvalue weighted by Crippen LogP contribution is 2.25. The number of aryl methyl sites for hydroxylation is 1. The second-order valence-electron chi connectivity index (χ2n) is 6.87.